The fraction of sp³-hybridized carbons (Fsp3) is 0.429. The molecule has 4 aliphatic carbocycles. The van der Waals surface area contributed by atoms with Gasteiger partial charge in [0.05, 0.1) is 0 Å². The number of hydrogen-bond acceptors (Lipinski definition) is 0. The summed E-state index contributed by atoms with van der Waals surface area (Å²) in [6, 6.07) is 0. The van der Waals surface area contributed by atoms with Crippen LogP contribution >= 0.6 is 0 Å². The molecule has 0 saturated carbocycles. The van der Waals surface area contributed by atoms with Crippen molar-refractivity contribution in [1.29, 1.82) is 0 Å². The summed E-state index contributed by atoms with van der Waals surface area (Å²) in [5.41, 5.74) is 5.09. The Hall–Kier alpha value is 0.742. The molecule has 0 spiro atoms. The predicted octanol–water partition coefficient (Wildman–Crippen LogP) is 2.36. The average Bonchev–Trinajstić information content (AvgIpc) is 3.47. The summed E-state index contributed by atoms with van der Waals surface area (Å²) in [6.07, 6.45) is 33.6. The van der Waals surface area contributed by atoms with E-state index in [2.05, 4.69) is 165 Å². The van der Waals surface area contributed by atoms with Crippen LogP contribution in [0, 0.1) is 24.3 Å². The molecule has 0 fully saturated rings. The average molecular weight is 688 g/mol. The van der Waals surface area contributed by atoms with E-state index in [1.54, 1.807) is 0 Å². The normalized spacial score (nSPS) is 14.7. The molecular formula is C28H40Br2Si2Ti2-2. The Balaban J connectivity index is -0.000000159. The minimum absolute atomic E-state index is 0. The quantitative estimate of drug-likeness (QED) is 0.271. The van der Waals surface area contributed by atoms with Crippen LogP contribution in [-0.4, -0.2) is 12.4 Å². The van der Waals surface area contributed by atoms with E-state index in [0.29, 0.717) is 0 Å². The van der Waals surface area contributed by atoms with Crippen molar-refractivity contribution in [2.75, 3.05) is 0 Å². The molecule has 4 aliphatic rings. The fourth-order valence-corrected chi connectivity index (χ4v) is 2.06. The Morgan fingerprint density at radius 2 is 0.647 bits per heavy atom. The maximum absolute atomic E-state index is 3.12. The van der Waals surface area contributed by atoms with Gasteiger partial charge in [-0.15, -0.1) is 25.7 Å². The van der Waals surface area contributed by atoms with E-state index in [9.17, 15) is 0 Å². The van der Waals surface area contributed by atoms with Gasteiger partial charge < -0.3 is 34.0 Å². The van der Waals surface area contributed by atoms with E-state index in [1.807, 2.05) is 0 Å². The van der Waals surface area contributed by atoms with Crippen molar-refractivity contribution in [3.05, 3.63) is 95.2 Å². The van der Waals surface area contributed by atoms with Crippen molar-refractivity contribution in [2.24, 2.45) is 0 Å². The summed E-state index contributed by atoms with van der Waals surface area (Å²) in [6.45, 7) is 17.3. The molecule has 0 radical (unpaired) electrons. The topological polar surface area (TPSA) is 0 Å². The molecule has 0 aromatic carbocycles. The van der Waals surface area contributed by atoms with Gasteiger partial charge in [0.1, 0.15) is 0 Å². The zero-order chi connectivity index (χ0) is 24.8. The summed E-state index contributed by atoms with van der Waals surface area (Å²) in [4.78, 5) is 0. The van der Waals surface area contributed by atoms with Gasteiger partial charge in [0.15, 0.2) is 0 Å². The van der Waals surface area contributed by atoms with E-state index in [0.717, 1.165) is 25.7 Å². The van der Waals surface area contributed by atoms with E-state index >= 15 is 0 Å². The largest absolute Gasteiger partial charge is 1.00 e. The molecule has 4 rings (SSSR count). The van der Waals surface area contributed by atoms with Crippen LogP contribution in [0.3, 0.4) is 0 Å². The van der Waals surface area contributed by atoms with Crippen LogP contribution in [0.1, 0.15) is 53.4 Å². The summed E-state index contributed by atoms with van der Waals surface area (Å²) in [5, 5.41) is 0. The van der Waals surface area contributed by atoms with Crippen LogP contribution < -0.4 is 34.0 Å². The number of rotatable bonds is 0. The van der Waals surface area contributed by atoms with Gasteiger partial charge in [0, 0.05) is 0 Å². The van der Waals surface area contributed by atoms with Gasteiger partial charge in [-0.05, 0) is 0 Å². The van der Waals surface area contributed by atoms with Crippen LogP contribution in [-0.2, 0) is 38.3 Å². The zero-order valence-corrected chi connectivity index (χ0v) is 30.5. The van der Waals surface area contributed by atoms with Crippen LogP contribution in [0.4, 0.5) is 0 Å². The summed E-state index contributed by atoms with van der Waals surface area (Å²) < 4.78 is 0. The first-order valence-corrected chi connectivity index (χ1v) is 20.7. The van der Waals surface area contributed by atoms with Gasteiger partial charge in [0.25, 0.3) is 0 Å². The maximum Gasteiger partial charge on any atom is -1.00 e. The minimum atomic E-state index is 0. The number of halogens is 2. The van der Waals surface area contributed by atoms with E-state index < -0.39 is 0 Å². The second-order valence-electron chi connectivity index (χ2n) is 7.87. The standard InChI is InChI=1S/4C6H7.2C2H6Si.2BrH.2Ti/c4*1-6-4-2-3-5-6;2*1-3-2;;;;/h4*2,4H,3H2,1H3;2*1-2H3;2*1H;;/q4*-1;;;;;2*+2/p-2. The summed E-state index contributed by atoms with van der Waals surface area (Å²) >= 11 is 4.54. The van der Waals surface area contributed by atoms with E-state index in [4.69, 9.17) is 0 Å². The van der Waals surface area contributed by atoms with Crippen molar-refractivity contribution < 1.29 is 72.3 Å². The first kappa shape index (κ1) is 41.9. The van der Waals surface area contributed by atoms with Crippen molar-refractivity contribution in [1.82, 2.24) is 0 Å². The van der Waals surface area contributed by atoms with Gasteiger partial charge in [-0.2, -0.15) is 24.3 Å². The van der Waals surface area contributed by atoms with Crippen LogP contribution in [0.15, 0.2) is 70.9 Å². The molecule has 0 aromatic rings. The van der Waals surface area contributed by atoms with Crippen LogP contribution in [0.25, 0.3) is 0 Å². The number of allylic oxidation sites excluding steroid dienone is 16. The molecular weight excluding hydrogens is 648 g/mol. The Kier molecular flexibility index (Phi) is 36.9. The second-order valence-corrected chi connectivity index (χ2v) is 21.2. The van der Waals surface area contributed by atoms with Gasteiger partial charge in [0.2, 0.25) is 0 Å². The third-order valence-electron chi connectivity index (χ3n) is 3.47. The van der Waals surface area contributed by atoms with Crippen LogP contribution in [0.2, 0.25) is 26.2 Å². The van der Waals surface area contributed by atoms with E-state index in [1.165, 1.54) is 22.3 Å². The fourth-order valence-electron chi connectivity index (χ4n) is 2.06. The molecule has 0 aromatic heterocycles. The molecule has 0 nitrogen and oxygen atoms in total. The predicted molar refractivity (Wildman–Crippen MR) is 140 cm³/mol. The van der Waals surface area contributed by atoms with Crippen molar-refractivity contribution in [2.45, 2.75) is 79.6 Å². The first-order valence-electron chi connectivity index (χ1n) is 11.0. The third kappa shape index (κ3) is 39.9. The Labute approximate surface area is 257 Å². The molecule has 0 aliphatic heterocycles. The first-order chi connectivity index (χ1) is 15.0. The monoisotopic (exact) mass is 686 g/mol. The maximum atomic E-state index is 3.12. The smallest absolute Gasteiger partial charge is 1.00 e. The SMILES string of the molecule is CC1=[C-]CC=C1.CC1=[C-]CC=C1.CC1=[C-]CC=C1.CC1=[C-]CC=C1.C[Si](C)=[Ti+2].C[Si](C)=[Ti+2].[Br-].[Br-]. The molecule has 0 saturated heterocycles. The van der Waals surface area contributed by atoms with Gasteiger partial charge >= 0.3 is 76.9 Å². The second kappa shape index (κ2) is 30.0. The van der Waals surface area contributed by atoms with Crippen molar-refractivity contribution in [3.63, 3.8) is 0 Å². The van der Waals surface area contributed by atoms with Gasteiger partial charge in [-0.1, -0.05) is 27.7 Å². The van der Waals surface area contributed by atoms with Crippen molar-refractivity contribution in [3.8, 4) is 0 Å². The molecule has 0 N–H and O–H groups in total. The molecule has 0 unspecified atom stereocenters. The molecule has 34 heavy (non-hydrogen) atoms. The molecule has 0 amide bonds. The van der Waals surface area contributed by atoms with Crippen molar-refractivity contribution >= 4 is 12.4 Å². The third-order valence-corrected chi connectivity index (χ3v) is 3.47. The summed E-state index contributed by atoms with van der Waals surface area (Å²) in [5.74, 6) is 0. The van der Waals surface area contributed by atoms with Gasteiger partial charge in [-0.3, -0.25) is 24.3 Å². The number of hydrogen-bond donors (Lipinski definition) is 0. The zero-order valence-electron chi connectivity index (χ0n) is 22.2. The van der Waals surface area contributed by atoms with Gasteiger partial charge in [-0.25, -0.2) is 46.6 Å². The molecule has 6 heteroatoms. The van der Waals surface area contributed by atoms with Crippen LogP contribution in [0.5, 0.6) is 0 Å². The van der Waals surface area contributed by atoms with E-state index in [-0.39, 0.29) is 46.3 Å². The minimum Gasteiger partial charge on any atom is -1.00 e. The molecule has 0 heterocycles. The Morgan fingerprint density at radius 3 is 0.676 bits per heavy atom. The Morgan fingerprint density at radius 1 is 0.500 bits per heavy atom. The summed E-state index contributed by atoms with van der Waals surface area (Å²) in [7, 11) is 0. The molecule has 0 bridgehead atoms. The molecule has 184 valence electrons. The Bertz CT molecular complexity index is 669. The molecule has 0 atom stereocenters.